The van der Waals surface area contributed by atoms with Gasteiger partial charge in [-0.25, -0.2) is 0 Å². The zero-order valence-corrected chi connectivity index (χ0v) is 11.3. The van der Waals surface area contributed by atoms with Gasteiger partial charge in [0.2, 0.25) is 0 Å². The summed E-state index contributed by atoms with van der Waals surface area (Å²) >= 11 is 0. The molecular weight excluding hydrogens is 210 g/mol. The Morgan fingerprint density at radius 1 is 1.18 bits per heavy atom. The number of nitrogens with zero attached hydrogens (tertiary/aromatic N) is 1. The van der Waals surface area contributed by atoms with Crippen molar-refractivity contribution in [2.45, 2.75) is 57.5 Å². The van der Waals surface area contributed by atoms with E-state index in [-0.39, 0.29) is 0 Å². The summed E-state index contributed by atoms with van der Waals surface area (Å²) in [6.07, 6.45) is 8.16. The lowest BCUT2D eigenvalue weighted by Gasteiger charge is -2.36. The molecule has 1 heterocycles. The van der Waals surface area contributed by atoms with Gasteiger partial charge in [0, 0.05) is 38.3 Å². The molecule has 3 heteroatoms. The first-order valence-corrected chi connectivity index (χ1v) is 7.47. The summed E-state index contributed by atoms with van der Waals surface area (Å²) in [4.78, 5) is 2.60. The van der Waals surface area contributed by atoms with Crippen molar-refractivity contribution in [3.63, 3.8) is 0 Å². The maximum atomic E-state index is 6.41. The predicted octanol–water partition coefficient (Wildman–Crippen LogP) is 1.58. The first-order chi connectivity index (χ1) is 8.27. The molecule has 3 nitrogen and oxygen atoms in total. The molecule has 1 aliphatic heterocycles. The molecule has 2 aliphatic rings. The minimum Gasteiger partial charge on any atom is -0.327 e. The van der Waals surface area contributed by atoms with Crippen LogP contribution in [0.25, 0.3) is 0 Å². The van der Waals surface area contributed by atoms with Crippen LogP contribution in [0.4, 0.5) is 0 Å². The van der Waals surface area contributed by atoms with Crippen molar-refractivity contribution in [3.8, 4) is 0 Å². The highest BCUT2D eigenvalue weighted by Crippen LogP contribution is 2.27. The Bertz CT molecular complexity index is 186. The van der Waals surface area contributed by atoms with Crippen LogP contribution in [-0.2, 0) is 0 Å². The SMILES string of the molecule is CC(CC(N)C1CCCCC1)N1CCNCC1. The molecule has 3 N–H and O–H groups in total. The standard InChI is InChI=1S/C14H29N3/c1-12(17-9-7-16-8-10-17)11-14(15)13-5-3-2-4-6-13/h12-14,16H,2-11,15H2,1H3. The van der Waals surface area contributed by atoms with Crippen molar-refractivity contribution in [2.75, 3.05) is 26.2 Å². The van der Waals surface area contributed by atoms with E-state index in [1.807, 2.05) is 0 Å². The fraction of sp³-hybridized carbons (Fsp3) is 1.00. The van der Waals surface area contributed by atoms with Crippen LogP contribution < -0.4 is 11.1 Å². The molecule has 0 radical (unpaired) electrons. The van der Waals surface area contributed by atoms with E-state index in [4.69, 9.17) is 5.73 Å². The summed E-state index contributed by atoms with van der Waals surface area (Å²) in [5.41, 5.74) is 6.41. The van der Waals surface area contributed by atoms with Crippen LogP contribution in [0.15, 0.2) is 0 Å². The van der Waals surface area contributed by atoms with Crippen molar-refractivity contribution in [3.05, 3.63) is 0 Å². The summed E-state index contributed by atoms with van der Waals surface area (Å²) in [5.74, 6) is 0.800. The summed E-state index contributed by atoms with van der Waals surface area (Å²) in [6.45, 7) is 7.02. The van der Waals surface area contributed by atoms with E-state index in [9.17, 15) is 0 Å². The molecule has 17 heavy (non-hydrogen) atoms. The first kappa shape index (κ1) is 13.3. The minimum atomic E-state index is 0.431. The molecule has 0 amide bonds. The lowest BCUT2D eigenvalue weighted by molar-refractivity contribution is 0.156. The molecule has 0 aromatic rings. The second-order valence-corrected chi connectivity index (χ2v) is 5.93. The Morgan fingerprint density at radius 2 is 1.82 bits per heavy atom. The normalized spacial score (nSPS) is 27.9. The van der Waals surface area contributed by atoms with Gasteiger partial charge in [-0.15, -0.1) is 0 Å². The van der Waals surface area contributed by atoms with Gasteiger partial charge in [-0.3, -0.25) is 4.90 Å². The third-order valence-electron chi connectivity index (χ3n) is 4.64. The molecular formula is C14H29N3. The van der Waals surface area contributed by atoms with E-state index in [0.29, 0.717) is 12.1 Å². The summed E-state index contributed by atoms with van der Waals surface area (Å²) in [7, 11) is 0. The van der Waals surface area contributed by atoms with Crippen molar-refractivity contribution in [2.24, 2.45) is 11.7 Å². The Morgan fingerprint density at radius 3 is 2.47 bits per heavy atom. The molecule has 1 aliphatic carbocycles. The highest BCUT2D eigenvalue weighted by molar-refractivity contribution is 4.82. The van der Waals surface area contributed by atoms with Crippen LogP contribution in [-0.4, -0.2) is 43.2 Å². The number of nitrogens with one attached hydrogen (secondary N) is 1. The largest absolute Gasteiger partial charge is 0.327 e. The van der Waals surface area contributed by atoms with E-state index in [1.54, 1.807) is 0 Å². The highest BCUT2D eigenvalue weighted by atomic mass is 15.2. The average molecular weight is 239 g/mol. The fourth-order valence-corrected chi connectivity index (χ4v) is 3.42. The second-order valence-electron chi connectivity index (χ2n) is 5.93. The third-order valence-corrected chi connectivity index (χ3v) is 4.64. The molecule has 2 unspecified atom stereocenters. The molecule has 2 rings (SSSR count). The van der Waals surface area contributed by atoms with Crippen molar-refractivity contribution in [1.82, 2.24) is 10.2 Å². The molecule has 100 valence electrons. The summed E-state index contributed by atoms with van der Waals surface area (Å²) in [5, 5.41) is 3.41. The van der Waals surface area contributed by atoms with Crippen LogP contribution in [0.5, 0.6) is 0 Å². The van der Waals surface area contributed by atoms with Crippen molar-refractivity contribution < 1.29 is 0 Å². The van der Waals surface area contributed by atoms with Gasteiger partial charge in [0.05, 0.1) is 0 Å². The van der Waals surface area contributed by atoms with E-state index in [2.05, 4.69) is 17.1 Å². The van der Waals surface area contributed by atoms with Gasteiger partial charge >= 0.3 is 0 Å². The van der Waals surface area contributed by atoms with E-state index in [0.717, 1.165) is 19.0 Å². The molecule has 0 aromatic heterocycles. The predicted molar refractivity (Wildman–Crippen MR) is 73.1 cm³/mol. The minimum absolute atomic E-state index is 0.431. The monoisotopic (exact) mass is 239 g/mol. The van der Waals surface area contributed by atoms with E-state index < -0.39 is 0 Å². The molecule has 1 saturated carbocycles. The first-order valence-electron chi connectivity index (χ1n) is 7.47. The van der Waals surface area contributed by atoms with Crippen LogP contribution in [0.1, 0.15) is 45.4 Å². The van der Waals surface area contributed by atoms with Crippen molar-refractivity contribution >= 4 is 0 Å². The van der Waals surface area contributed by atoms with E-state index in [1.165, 1.54) is 51.6 Å². The number of nitrogens with two attached hydrogens (primary N) is 1. The number of hydrogen-bond donors (Lipinski definition) is 2. The summed E-state index contributed by atoms with van der Waals surface area (Å²) in [6, 6.07) is 1.09. The third kappa shape index (κ3) is 3.94. The Balaban J connectivity index is 1.74. The molecule has 0 aromatic carbocycles. The van der Waals surface area contributed by atoms with Gasteiger partial charge < -0.3 is 11.1 Å². The lowest BCUT2D eigenvalue weighted by atomic mass is 9.82. The van der Waals surface area contributed by atoms with Crippen molar-refractivity contribution in [1.29, 1.82) is 0 Å². The van der Waals surface area contributed by atoms with Gasteiger partial charge in [0.25, 0.3) is 0 Å². The Hall–Kier alpha value is -0.120. The topological polar surface area (TPSA) is 41.3 Å². The van der Waals surface area contributed by atoms with Crippen LogP contribution in [0.3, 0.4) is 0 Å². The Kier molecular flexibility index (Phi) is 5.26. The average Bonchev–Trinajstić information content (AvgIpc) is 2.40. The highest BCUT2D eigenvalue weighted by Gasteiger charge is 2.24. The number of rotatable bonds is 4. The second kappa shape index (κ2) is 6.72. The quantitative estimate of drug-likeness (QED) is 0.782. The van der Waals surface area contributed by atoms with Crippen LogP contribution in [0.2, 0.25) is 0 Å². The van der Waals surface area contributed by atoms with E-state index >= 15 is 0 Å². The van der Waals surface area contributed by atoms with Gasteiger partial charge in [-0.1, -0.05) is 19.3 Å². The number of hydrogen-bond acceptors (Lipinski definition) is 3. The zero-order valence-electron chi connectivity index (χ0n) is 11.3. The van der Waals surface area contributed by atoms with Gasteiger partial charge in [-0.05, 0) is 32.1 Å². The maximum Gasteiger partial charge on any atom is 0.0110 e. The Labute approximate surface area is 106 Å². The van der Waals surface area contributed by atoms with Crippen LogP contribution >= 0.6 is 0 Å². The molecule has 0 bridgehead atoms. The molecule has 1 saturated heterocycles. The smallest absolute Gasteiger partial charge is 0.0110 e. The fourth-order valence-electron chi connectivity index (χ4n) is 3.42. The van der Waals surface area contributed by atoms with Gasteiger partial charge in [0.1, 0.15) is 0 Å². The maximum absolute atomic E-state index is 6.41. The number of piperazine rings is 1. The molecule has 2 atom stereocenters. The molecule has 2 fully saturated rings. The van der Waals surface area contributed by atoms with Crippen LogP contribution in [0, 0.1) is 5.92 Å². The summed E-state index contributed by atoms with van der Waals surface area (Å²) < 4.78 is 0. The lowest BCUT2D eigenvalue weighted by Crippen LogP contribution is -2.49. The molecule has 0 spiro atoms. The van der Waals surface area contributed by atoms with Gasteiger partial charge in [0.15, 0.2) is 0 Å². The zero-order chi connectivity index (χ0) is 12.1. The van der Waals surface area contributed by atoms with Gasteiger partial charge in [-0.2, -0.15) is 0 Å².